The molecule has 0 spiro atoms. The molecule has 0 amide bonds. The molecular weight excluding hydrogens is 671 g/mol. The largest absolute Gasteiger partial charge is 0.507 e. The van der Waals surface area contributed by atoms with Crippen molar-refractivity contribution < 1.29 is 29.8 Å². The van der Waals surface area contributed by atoms with Crippen LogP contribution in [0.25, 0.3) is 61.6 Å². The second-order valence-corrected chi connectivity index (χ2v) is 15.5. The van der Waals surface area contributed by atoms with Crippen LogP contribution in [-0.4, -0.2) is 19.6 Å². The number of aryl methyl sites for hydroxylation is 3. The Morgan fingerprint density at radius 2 is 1.27 bits per heavy atom. The molecule has 2 aromatic heterocycles. The molecule has 4 nitrogen and oxygen atoms in total. The Morgan fingerprint density at radius 3 is 1.96 bits per heavy atom. The summed E-state index contributed by atoms with van der Waals surface area (Å²) in [6.07, 6.45) is 1.59. The highest BCUT2D eigenvalue weighted by Crippen LogP contribution is 2.42. The van der Waals surface area contributed by atoms with Crippen LogP contribution in [0.5, 0.6) is 5.75 Å². The van der Waals surface area contributed by atoms with Gasteiger partial charge in [-0.2, -0.15) is 0 Å². The third-order valence-corrected chi connectivity index (χ3v) is 10.1. The second kappa shape index (κ2) is 13.7. The first-order chi connectivity index (χ1) is 33.3. The number of hydrogen-bond acceptors (Lipinski definition) is 3. The van der Waals surface area contributed by atoms with Gasteiger partial charge in [0.15, 0.2) is 0 Å². The molecule has 280 valence electrons. The number of hydrogen-bond donors (Lipinski definition) is 1. The lowest BCUT2D eigenvalue weighted by Gasteiger charge is -2.22. The monoisotopic (exact) mass is 744 g/mol. The quantitative estimate of drug-likeness (QED) is 0.191. The Morgan fingerprint density at radius 1 is 0.582 bits per heavy atom. The van der Waals surface area contributed by atoms with Crippen LogP contribution in [0.2, 0.25) is 0 Å². The maximum atomic E-state index is 11.7. The van der Waals surface area contributed by atoms with Gasteiger partial charge < -0.3 is 5.11 Å². The van der Waals surface area contributed by atoms with E-state index in [1.165, 1.54) is 42.5 Å². The highest BCUT2D eigenvalue weighted by Gasteiger charge is 2.24. The smallest absolute Gasteiger partial charge is 0.149 e. The van der Waals surface area contributed by atoms with E-state index >= 15 is 0 Å². The van der Waals surface area contributed by atoms with Crippen LogP contribution in [0.4, 0.5) is 0 Å². The van der Waals surface area contributed by atoms with Crippen LogP contribution in [0, 0.1) is 20.8 Å². The third kappa shape index (κ3) is 7.35. The van der Waals surface area contributed by atoms with E-state index in [1.807, 2.05) is 55.5 Å². The van der Waals surface area contributed by atoms with Crippen molar-refractivity contribution in [2.24, 2.45) is 0 Å². The Bertz CT molecular complexity index is 3160. The van der Waals surface area contributed by atoms with Gasteiger partial charge in [0.25, 0.3) is 0 Å². The third-order valence-electron chi connectivity index (χ3n) is 10.1. The number of aromatic nitrogens is 3. The highest BCUT2D eigenvalue weighted by atomic mass is 16.3. The fraction of sp³-hybridized carbons (Fsp3) is 0.294. The van der Waals surface area contributed by atoms with Crippen LogP contribution in [0.3, 0.4) is 0 Å². The van der Waals surface area contributed by atoms with E-state index in [4.69, 9.17) is 34.6 Å². The maximum absolute atomic E-state index is 11.7. The molecule has 2 heterocycles. The molecule has 7 aromatic rings. The maximum Gasteiger partial charge on any atom is 0.149 e. The molecule has 0 unspecified atom stereocenters. The summed E-state index contributed by atoms with van der Waals surface area (Å²) in [6, 6.07) is 28.1. The van der Waals surface area contributed by atoms with Crippen LogP contribution in [0.1, 0.15) is 120 Å². The molecule has 0 atom stereocenters. The summed E-state index contributed by atoms with van der Waals surface area (Å²) in [5.41, 5.74) is 0.655. The molecule has 0 aliphatic heterocycles. The Hall–Kier alpha value is -5.48. The standard InChI is InChI=1S/C51H55N3O/c1-31-24-33(3)47(55)42(25-31)48-53-46-41(14-13-15-45(46)54(48)44-21-20-39(26-32(44)2)50(7,8)9)36-27-37(29-40(28-36)51(10,11)12)43-30-35(22-23-52-43)34-16-18-38(19-17-34)49(4,5)6/h13-30,55H,1-12H3/i4D3,5D3,6D3,7D3,8D3,9D3. The minimum absolute atomic E-state index is 0.0482. The van der Waals surface area contributed by atoms with Crippen molar-refractivity contribution in [1.82, 2.24) is 14.5 Å². The van der Waals surface area contributed by atoms with Crippen LogP contribution in [-0.2, 0) is 16.2 Å². The summed E-state index contributed by atoms with van der Waals surface area (Å²) in [5, 5.41) is 11.7. The topological polar surface area (TPSA) is 50.9 Å². The average Bonchev–Trinajstić information content (AvgIpc) is 3.61. The van der Waals surface area contributed by atoms with Crippen molar-refractivity contribution in [2.45, 2.75) is 98.9 Å². The number of pyridine rings is 1. The molecular formula is C51H55N3O. The van der Waals surface area contributed by atoms with Gasteiger partial charge in [-0.25, -0.2) is 4.98 Å². The SMILES string of the molecule is [2H]C([2H])([2H])C(c1ccc(-c2ccnc(-c3cc(-c4cccc5c4nc(-c4cc(C)cc(C)c4O)n5-c4ccc(C(C([2H])([2H])[2H])(C([2H])([2H])[2H])C([2H])([2H])[2H])cc4C)cc(C(C)(C)C)c3)c2)cc1)(C([2H])([2H])[2H])C([2H])([2H])[2H]. The fourth-order valence-electron chi connectivity index (χ4n) is 7.07. The lowest BCUT2D eigenvalue weighted by Crippen LogP contribution is -2.12. The second-order valence-electron chi connectivity index (χ2n) is 15.5. The number of para-hydroxylation sites is 1. The Labute approximate surface area is 353 Å². The summed E-state index contributed by atoms with van der Waals surface area (Å²) < 4.78 is 150. The van der Waals surface area contributed by atoms with E-state index in [0.29, 0.717) is 61.4 Å². The van der Waals surface area contributed by atoms with E-state index in [9.17, 15) is 5.11 Å². The average molecular weight is 744 g/mol. The van der Waals surface area contributed by atoms with Gasteiger partial charge >= 0.3 is 0 Å². The normalized spacial score (nSPS) is 18.7. The zero-order chi connectivity index (χ0) is 54.6. The zero-order valence-corrected chi connectivity index (χ0v) is 31.7. The van der Waals surface area contributed by atoms with Crippen molar-refractivity contribution in [3.63, 3.8) is 0 Å². The summed E-state index contributed by atoms with van der Waals surface area (Å²) in [7, 11) is 0. The van der Waals surface area contributed by atoms with Gasteiger partial charge in [-0.05, 0) is 130 Å². The van der Waals surface area contributed by atoms with Crippen molar-refractivity contribution >= 4 is 11.0 Å². The van der Waals surface area contributed by atoms with Gasteiger partial charge in [-0.3, -0.25) is 9.55 Å². The lowest BCUT2D eigenvalue weighted by atomic mass is 9.83. The molecule has 1 N–H and O–H groups in total. The minimum Gasteiger partial charge on any atom is -0.507 e. The van der Waals surface area contributed by atoms with E-state index in [2.05, 4.69) is 20.8 Å². The molecule has 0 bridgehead atoms. The highest BCUT2D eigenvalue weighted by molar-refractivity contribution is 5.97. The van der Waals surface area contributed by atoms with E-state index < -0.39 is 62.9 Å². The summed E-state index contributed by atoms with van der Waals surface area (Å²) in [5.74, 6) is 0.241. The molecule has 7 rings (SSSR count). The molecule has 0 fully saturated rings. The van der Waals surface area contributed by atoms with Gasteiger partial charge in [0, 0.05) is 42.0 Å². The van der Waals surface area contributed by atoms with Gasteiger partial charge in [-0.15, -0.1) is 0 Å². The first-order valence-electron chi connectivity index (χ1n) is 27.0. The number of nitrogens with zero attached hydrogens (tertiary/aromatic N) is 3. The van der Waals surface area contributed by atoms with Gasteiger partial charge in [0.1, 0.15) is 11.6 Å². The zero-order valence-electron chi connectivity index (χ0n) is 49.7. The summed E-state index contributed by atoms with van der Waals surface area (Å²) in [4.78, 5) is 9.97. The molecule has 0 radical (unpaired) electrons. The van der Waals surface area contributed by atoms with Gasteiger partial charge in [0.2, 0.25) is 0 Å². The van der Waals surface area contributed by atoms with Crippen molar-refractivity contribution in [2.75, 3.05) is 0 Å². The molecule has 5 aromatic carbocycles. The van der Waals surface area contributed by atoms with Crippen molar-refractivity contribution in [3.8, 4) is 56.3 Å². The predicted octanol–water partition coefficient (Wildman–Crippen LogP) is 13.6. The van der Waals surface area contributed by atoms with E-state index in [-0.39, 0.29) is 17.1 Å². The number of aromatic hydroxyl groups is 1. The molecule has 0 aliphatic rings. The molecule has 0 saturated heterocycles. The van der Waals surface area contributed by atoms with Crippen LogP contribution < -0.4 is 0 Å². The molecule has 0 saturated carbocycles. The predicted molar refractivity (Wildman–Crippen MR) is 233 cm³/mol. The minimum atomic E-state index is -3.48. The van der Waals surface area contributed by atoms with E-state index in [0.717, 1.165) is 16.7 Å². The summed E-state index contributed by atoms with van der Waals surface area (Å²) >= 11 is 0. The van der Waals surface area contributed by atoms with E-state index in [1.54, 1.807) is 36.7 Å². The number of imidazole rings is 1. The van der Waals surface area contributed by atoms with Crippen molar-refractivity contribution in [3.05, 3.63) is 143 Å². The van der Waals surface area contributed by atoms with Crippen LogP contribution >= 0.6 is 0 Å². The van der Waals surface area contributed by atoms with Crippen molar-refractivity contribution in [1.29, 1.82) is 0 Å². The Balaban J connectivity index is 1.44. The first kappa shape index (κ1) is 21.6. The van der Waals surface area contributed by atoms with Gasteiger partial charge in [-0.1, -0.05) is 123 Å². The fourth-order valence-corrected chi connectivity index (χ4v) is 7.07. The molecule has 4 heteroatoms. The number of phenols is 1. The molecule has 0 aliphatic carbocycles. The Kier molecular flexibility index (Phi) is 5.36. The number of rotatable bonds is 5. The molecule has 55 heavy (non-hydrogen) atoms. The number of fused-ring (bicyclic) bond motifs is 1. The van der Waals surface area contributed by atoms with Gasteiger partial charge in [0.05, 0.1) is 28.0 Å². The summed E-state index contributed by atoms with van der Waals surface area (Å²) in [6.45, 7) is -9.25. The first-order valence-corrected chi connectivity index (χ1v) is 18.0. The lowest BCUT2D eigenvalue weighted by molar-refractivity contribution is 0.472. The van der Waals surface area contributed by atoms with Crippen LogP contribution in [0.15, 0.2) is 109 Å². The number of phenolic OH excluding ortho intramolecular Hbond substituents is 1. The number of benzene rings is 5.